The second-order valence-corrected chi connectivity index (χ2v) is 11.2. The van der Waals surface area contributed by atoms with Gasteiger partial charge in [-0.3, -0.25) is 9.69 Å². The first-order valence-corrected chi connectivity index (χ1v) is 15.1. The van der Waals surface area contributed by atoms with E-state index < -0.39 is 0 Å². The number of nitrogens with zero attached hydrogens (tertiary/aromatic N) is 2. The van der Waals surface area contributed by atoms with Crippen LogP contribution in [0.3, 0.4) is 0 Å². The summed E-state index contributed by atoms with van der Waals surface area (Å²) in [6.07, 6.45) is 7.07. The Balaban J connectivity index is 1.36. The van der Waals surface area contributed by atoms with Crippen LogP contribution in [0, 0.1) is 5.82 Å². The Morgan fingerprint density at radius 1 is 0.659 bits per heavy atom. The van der Waals surface area contributed by atoms with Crippen LogP contribution in [0.1, 0.15) is 60.4 Å². The zero-order valence-electron chi connectivity index (χ0n) is 23.9. The summed E-state index contributed by atoms with van der Waals surface area (Å²) in [5, 5.41) is 0. The average Bonchev–Trinajstić information content (AvgIpc) is 3.17. The third kappa shape index (κ3) is 8.14. The average molecular weight is 549 g/mol. The first-order valence-electron chi connectivity index (χ1n) is 15.1. The van der Waals surface area contributed by atoms with Crippen LogP contribution in [0.15, 0.2) is 115 Å². The largest absolute Gasteiger partial charge is 0.338 e. The van der Waals surface area contributed by atoms with E-state index >= 15 is 0 Å². The minimum Gasteiger partial charge on any atom is -0.338 e. The van der Waals surface area contributed by atoms with Crippen LogP contribution in [0.25, 0.3) is 0 Å². The molecule has 0 bridgehead atoms. The van der Waals surface area contributed by atoms with E-state index in [2.05, 4.69) is 82.6 Å². The number of carbonyl (C=O) groups is 1. The normalized spacial score (nSPS) is 16.2. The lowest BCUT2D eigenvalue weighted by Gasteiger charge is -2.35. The van der Waals surface area contributed by atoms with Gasteiger partial charge in [0.1, 0.15) is 11.9 Å². The van der Waals surface area contributed by atoms with Gasteiger partial charge in [0.2, 0.25) is 5.91 Å². The van der Waals surface area contributed by atoms with Gasteiger partial charge in [0.05, 0.1) is 0 Å². The van der Waals surface area contributed by atoms with Gasteiger partial charge < -0.3 is 4.90 Å². The summed E-state index contributed by atoms with van der Waals surface area (Å²) < 4.78 is 13.6. The molecule has 0 spiro atoms. The quantitative estimate of drug-likeness (QED) is 0.179. The Labute approximate surface area is 244 Å². The van der Waals surface area contributed by atoms with Crippen molar-refractivity contribution in [2.45, 2.75) is 63.6 Å². The van der Waals surface area contributed by atoms with E-state index in [1.165, 1.54) is 23.3 Å². The van der Waals surface area contributed by atoms with Gasteiger partial charge in [-0.15, -0.1) is 0 Å². The molecular formula is C37H41FN2O. The molecule has 5 rings (SSSR count). The van der Waals surface area contributed by atoms with Crippen molar-refractivity contribution in [3.63, 3.8) is 0 Å². The molecule has 3 nitrogen and oxygen atoms in total. The van der Waals surface area contributed by atoms with Gasteiger partial charge in [-0.1, -0.05) is 103 Å². The number of rotatable bonds is 12. The summed E-state index contributed by atoms with van der Waals surface area (Å²) in [6.45, 7) is 2.20. The van der Waals surface area contributed by atoms with Crippen molar-refractivity contribution >= 4 is 5.91 Å². The predicted octanol–water partition coefficient (Wildman–Crippen LogP) is 8.02. The molecule has 1 amide bonds. The number of hydrogen-bond donors (Lipinski definition) is 0. The summed E-state index contributed by atoms with van der Waals surface area (Å²) in [7, 11) is 0. The molecule has 41 heavy (non-hydrogen) atoms. The second-order valence-electron chi connectivity index (χ2n) is 11.2. The Hall–Kier alpha value is -3.76. The van der Waals surface area contributed by atoms with Crippen molar-refractivity contribution in [3.8, 4) is 0 Å². The monoisotopic (exact) mass is 548 g/mol. The molecular weight excluding hydrogens is 507 g/mol. The highest BCUT2D eigenvalue weighted by Crippen LogP contribution is 2.31. The molecule has 1 atom stereocenters. The molecule has 0 N–H and O–H groups in total. The summed E-state index contributed by atoms with van der Waals surface area (Å²) in [6, 6.07) is 38.0. The standard InChI is InChI=1S/C37H41FN2O/c38-34-25-23-32(24-26-34)29-39-27-12-28-40(37(41)36(39)33-19-8-3-9-20-33)35(21-10-17-30-13-4-1-5-14-30)22-11-18-31-15-6-2-7-16-31/h1-9,13-16,19-20,23-26,35-36H,10-12,17-18,21-22,27-29H2. The van der Waals surface area contributed by atoms with E-state index in [1.54, 1.807) is 0 Å². The number of carbonyl (C=O) groups excluding carboxylic acids is 1. The second kappa shape index (κ2) is 14.7. The smallest absolute Gasteiger partial charge is 0.244 e. The zero-order valence-corrected chi connectivity index (χ0v) is 23.9. The summed E-state index contributed by atoms with van der Waals surface area (Å²) in [5.41, 5.74) is 4.76. The topological polar surface area (TPSA) is 23.6 Å². The molecule has 4 heteroatoms. The molecule has 1 fully saturated rings. The molecule has 212 valence electrons. The van der Waals surface area contributed by atoms with Crippen LogP contribution in [0.2, 0.25) is 0 Å². The van der Waals surface area contributed by atoms with Crippen LogP contribution < -0.4 is 0 Å². The van der Waals surface area contributed by atoms with Gasteiger partial charge in [0.25, 0.3) is 0 Å². The highest BCUT2D eigenvalue weighted by atomic mass is 19.1. The van der Waals surface area contributed by atoms with Crippen LogP contribution in [0.4, 0.5) is 4.39 Å². The fraction of sp³-hybridized carbons (Fsp3) is 0.324. The molecule has 1 unspecified atom stereocenters. The molecule has 1 heterocycles. The third-order valence-electron chi connectivity index (χ3n) is 8.27. The Bertz CT molecular complexity index is 1280. The van der Waals surface area contributed by atoms with Crippen LogP contribution in [-0.4, -0.2) is 34.8 Å². The maximum absolute atomic E-state index is 14.5. The van der Waals surface area contributed by atoms with Crippen molar-refractivity contribution in [2.24, 2.45) is 0 Å². The number of hydrogen-bond acceptors (Lipinski definition) is 2. The van der Waals surface area contributed by atoms with Gasteiger partial charge in [0, 0.05) is 25.7 Å². The van der Waals surface area contributed by atoms with Crippen molar-refractivity contribution in [1.82, 2.24) is 9.80 Å². The van der Waals surface area contributed by atoms with Crippen LogP contribution in [-0.2, 0) is 24.2 Å². The van der Waals surface area contributed by atoms with Gasteiger partial charge in [-0.05, 0) is 79.3 Å². The SMILES string of the molecule is O=C1C(c2ccccc2)N(Cc2ccc(F)cc2)CCCN1C(CCCc1ccccc1)CCCc1ccccc1. The van der Waals surface area contributed by atoms with Crippen LogP contribution in [0.5, 0.6) is 0 Å². The maximum atomic E-state index is 14.5. The molecule has 0 radical (unpaired) electrons. The molecule has 0 saturated carbocycles. The highest BCUT2D eigenvalue weighted by molar-refractivity contribution is 5.84. The van der Waals surface area contributed by atoms with Crippen molar-refractivity contribution in [3.05, 3.63) is 143 Å². The van der Waals surface area contributed by atoms with E-state index in [9.17, 15) is 9.18 Å². The number of amides is 1. The summed E-state index contributed by atoms with van der Waals surface area (Å²) in [5.74, 6) is -0.0411. The predicted molar refractivity (Wildman–Crippen MR) is 165 cm³/mol. The van der Waals surface area contributed by atoms with E-state index in [0.29, 0.717) is 6.54 Å². The maximum Gasteiger partial charge on any atom is 0.244 e. The minimum absolute atomic E-state index is 0.195. The lowest BCUT2D eigenvalue weighted by atomic mass is 9.96. The van der Waals surface area contributed by atoms with E-state index in [1.807, 2.05) is 30.3 Å². The Kier molecular flexibility index (Phi) is 10.3. The Morgan fingerprint density at radius 3 is 1.76 bits per heavy atom. The fourth-order valence-electron chi connectivity index (χ4n) is 6.17. The lowest BCUT2D eigenvalue weighted by Crippen LogP contribution is -2.45. The van der Waals surface area contributed by atoms with Crippen molar-refractivity contribution < 1.29 is 9.18 Å². The first kappa shape index (κ1) is 28.8. The van der Waals surface area contributed by atoms with Gasteiger partial charge >= 0.3 is 0 Å². The van der Waals surface area contributed by atoms with E-state index in [0.717, 1.165) is 69.2 Å². The minimum atomic E-state index is -0.352. The molecule has 0 aliphatic carbocycles. The van der Waals surface area contributed by atoms with Crippen molar-refractivity contribution in [2.75, 3.05) is 13.1 Å². The number of halogens is 1. The molecule has 4 aromatic carbocycles. The third-order valence-corrected chi connectivity index (χ3v) is 8.27. The van der Waals surface area contributed by atoms with Crippen LogP contribution >= 0.6 is 0 Å². The van der Waals surface area contributed by atoms with E-state index in [4.69, 9.17) is 0 Å². The highest BCUT2D eigenvalue weighted by Gasteiger charge is 2.36. The van der Waals surface area contributed by atoms with Gasteiger partial charge in [-0.25, -0.2) is 4.39 Å². The molecule has 4 aromatic rings. The molecule has 1 aliphatic rings. The number of benzene rings is 4. The lowest BCUT2D eigenvalue weighted by molar-refractivity contribution is -0.138. The summed E-state index contributed by atoms with van der Waals surface area (Å²) >= 11 is 0. The number of aryl methyl sites for hydroxylation is 2. The summed E-state index contributed by atoms with van der Waals surface area (Å²) in [4.78, 5) is 19.0. The molecule has 1 saturated heterocycles. The molecule has 0 aromatic heterocycles. The van der Waals surface area contributed by atoms with Crippen molar-refractivity contribution in [1.29, 1.82) is 0 Å². The first-order chi connectivity index (χ1) is 20.2. The fourth-order valence-corrected chi connectivity index (χ4v) is 6.17. The zero-order chi connectivity index (χ0) is 28.3. The molecule has 1 aliphatic heterocycles. The van der Waals surface area contributed by atoms with Gasteiger partial charge in [-0.2, -0.15) is 0 Å². The van der Waals surface area contributed by atoms with E-state index in [-0.39, 0.29) is 23.8 Å². The van der Waals surface area contributed by atoms with Gasteiger partial charge in [0.15, 0.2) is 0 Å². The Morgan fingerprint density at radius 2 is 1.20 bits per heavy atom.